The van der Waals surface area contributed by atoms with Gasteiger partial charge in [-0.05, 0) is 36.8 Å². The number of methoxy groups -OCH3 is 1. The molecule has 0 radical (unpaired) electrons. The summed E-state index contributed by atoms with van der Waals surface area (Å²) in [6, 6.07) is 12.7. The van der Waals surface area contributed by atoms with Crippen molar-refractivity contribution in [2.75, 3.05) is 7.11 Å². The van der Waals surface area contributed by atoms with Crippen LogP contribution in [-0.2, 0) is 0 Å². The highest BCUT2D eigenvalue weighted by Crippen LogP contribution is 2.28. The molecule has 0 unspecified atom stereocenters. The van der Waals surface area contributed by atoms with Crippen molar-refractivity contribution < 1.29 is 23.0 Å². The fourth-order valence-corrected chi connectivity index (χ4v) is 2.36. The minimum Gasteiger partial charge on any atom is -0.497 e. The van der Waals surface area contributed by atoms with E-state index in [1.54, 1.807) is 49.6 Å². The van der Waals surface area contributed by atoms with E-state index >= 15 is 0 Å². The molecular weight excluding hydrogens is 316 g/mol. The number of ether oxygens (including phenoxy) is 2. The Hall–Kier alpha value is -2.63. The standard InChI is InChI=1S/C18H19F2NO3/c1-3-15(14-6-4-5-7-16(14)24-18(19)20)21-17(22)12-8-10-13(23-2)11-9-12/h4-11,15,18H,3H2,1-2H3,(H,21,22)/t15-/m1/s1. The highest BCUT2D eigenvalue weighted by atomic mass is 19.3. The number of carbonyl (C=O) groups is 1. The minimum atomic E-state index is -2.92. The number of hydrogen-bond acceptors (Lipinski definition) is 3. The van der Waals surface area contributed by atoms with Gasteiger partial charge in [0.05, 0.1) is 13.2 Å². The Balaban J connectivity index is 2.18. The van der Waals surface area contributed by atoms with Gasteiger partial charge in [0.1, 0.15) is 11.5 Å². The van der Waals surface area contributed by atoms with Crippen molar-refractivity contribution in [3.05, 3.63) is 59.7 Å². The second-order valence-corrected chi connectivity index (χ2v) is 5.08. The normalized spacial score (nSPS) is 11.9. The highest BCUT2D eigenvalue weighted by Gasteiger charge is 2.19. The SMILES string of the molecule is CC[C@@H](NC(=O)c1ccc(OC)cc1)c1ccccc1OC(F)F. The van der Waals surface area contributed by atoms with Crippen LogP contribution in [0, 0.1) is 0 Å². The summed E-state index contributed by atoms with van der Waals surface area (Å²) in [4.78, 5) is 12.4. The summed E-state index contributed by atoms with van der Waals surface area (Å²) in [6.07, 6.45) is 0.533. The fraction of sp³-hybridized carbons (Fsp3) is 0.278. The lowest BCUT2D eigenvalue weighted by Gasteiger charge is -2.20. The van der Waals surface area contributed by atoms with E-state index in [1.165, 1.54) is 6.07 Å². The van der Waals surface area contributed by atoms with Crippen LogP contribution in [0.15, 0.2) is 48.5 Å². The van der Waals surface area contributed by atoms with Gasteiger partial charge >= 0.3 is 6.61 Å². The lowest BCUT2D eigenvalue weighted by Crippen LogP contribution is -2.28. The maximum absolute atomic E-state index is 12.5. The van der Waals surface area contributed by atoms with Crippen molar-refractivity contribution in [2.24, 2.45) is 0 Å². The minimum absolute atomic E-state index is 0.0642. The van der Waals surface area contributed by atoms with Gasteiger partial charge in [-0.15, -0.1) is 0 Å². The molecule has 4 nitrogen and oxygen atoms in total. The number of rotatable bonds is 7. The number of nitrogens with one attached hydrogen (secondary N) is 1. The molecule has 128 valence electrons. The van der Waals surface area contributed by atoms with Crippen molar-refractivity contribution in [1.82, 2.24) is 5.32 Å². The Morgan fingerprint density at radius 3 is 2.38 bits per heavy atom. The number of halogens is 2. The molecule has 0 aliphatic heterocycles. The van der Waals surface area contributed by atoms with Crippen LogP contribution in [0.5, 0.6) is 11.5 Å². The first-order valence-corrected chi connectivity index (χ1v) is 7.53. The lowest BCUT2D eigenvalue weighted by atomic mass is 10.0. The van der Waals surface area contributed by atoms with Crippen LogP contribution in [0.1, 0.15) is 35.3 Å². The molecule has 0 aliphatic rings. The van der Waals surface area contributed by atoms with Gasteiger partial charge in [-0.3, -0.25) is 4.79 Å². The van der Waals surface area contributed by atoms with E-state index in [4.69, 9.17) is 4.74 Å². The Bertz CT molecular complexity index is 674. The fourth-order valence-electron chi connectivity index (χ4n) is 2.36. The third kappa shape index (κ3) is 4.44. The molecule has 0 bridgehead atoms. The number of amides is 1. The van der Waals surface area contributed by atoms with E-state index < -0.39 is 12.7 Å². The molecule has 0 aliphatic carbocycles. The zero-order valence-corrected chi connectivity index (χ0v) is 13.5. The summed E-state index contributed by atoms with van der Waals surface area (Å²) in [5.41, 5.74) is 0.976. The molecule has 0 aromatic heterocycles. The van der Waals surface area contributed by atoms with Gasteiger partial charge in [-0.25, -0.2) is 0 Å². The van der Waals surface area contributed by atoms with Crippen molar-refractivity contribution in [3.8, 4) is 11.5 Å². The van der Waals surface area contributed by atoms with Gasteiger partial charge in [0.15, 0.2) is 0 Å². The van der Waals surface area contributed by atoms with E-state index in [2.05, 4.69) is 10.1 Å². The Labute approximate surface area is 139 Å². The van der Waals surface area contributed by atoms with E-state index in [0.29, 0.717) is 23.3 Å². The van der Waals surface area contributed by atoms with Crippen LogP contribution in [0.25, 0.3) is 0 Å². The Morgan fingerprint density at radius 1 is 1.12 bits per heavy atom. The highest BCUT2D eigenvalue weighted by molar-refractivity contribution is 5.94. The molecule has 0 saturated heterocycles. The molecule has 0 spiro atoms. The molecule has 1 amide bonds. The molecule has 1 atom stereocenters. The quantitative estimate of drug-likeness (QED) is 0.826. The monoisotopic (exact) mass is 335 g/mol. The first kappa shape index (κ1) is 17.7. The number of benzene rings is 2. The summed E-state index contributed by atoms with van der Waals surface area (Å²) < 4.78 is 34.7. The van der Waals surface area contributed by atoms with E-state index in [9.17, 15) is 13.6 Å². The van der Waals surface area contributed by atoms with Crippen LogP contribution in [0.4, 0.5) is 8.78 Å². The molecule has 0 saturated carbocycles. The van der Waals surface area contributed by atoms with Gasteiger partial charge < -0.3 is 14.8 Å². The average Bonchev–Trinajstić information content (AvgIpc) is 2.59. The third-order valence-corrected chi connectivity index (χ3v) is 3.58. The van der Waals surface area contributed by atoms with Crippen LogP contribution >= 0.6 is 0 Å². The van der Waals surface area contributed by atoms with Gasteiger partial charge in [0, 0.05) is 11.1 Å². The Morgan fingerprint density at radius 2 is 1.79 bits per heavy atom. The van der Waals surface area contributed by atoms with Gasteiger partial charge in [0.25, 0.3) is 5.91 Å². The zero-order valence-electron chi connectivity index (χ0n) is 13.5. The van der Waals surface area contributed by atoms with Crippen LogP contribution in [-0.4, -0.2) is 19.6 Å². The number of hydrogen-bond donors (Lipinski definition) is 1. The largest absolute Gasteiger partial charge is 0.497 e. The summed E-state index contributed by atoms with van der Waals surface area (Å²) in [5.74, 6) is 0.417. The van der Waals surface area contributed by atoms with Crippen molar-refractivity contribution in [2.45, 2.75) is 26.0 Å². The number of alkyl halides is 2. The molecule has 0 heterocycles. The second kappa shape index (κ2) is 8.29. The van der Waals surface area contributed by atoms with E-state index in [-0.39, 0.29) is 11.7 Å². The molecule has 24 heavy (non-hydrogen) atoms. The van der Waals surface area contributed by atoms with Gasteiger partial charge in [-0.1, -0.05) is 25.1 Å². The molecule has 0 fully saturated rings. The van der Waals surface area contributed by atoms with Crippen LogP contribution < -0.4 is 14.8 Å². The number of carbonyl (C=O) groups excluding carboxylic acids is 1. The molecule has 6 heteroatoms. The maximum atomic E-state index is 12.5. The average molecular weight is 335 g/mol. The van der Waals surface area contributed by atoms with Crippen molar-refractivity contribution in [1.29, 1.82) is 0 Å². The predicted octanol–water partition coefficient (Wildman–Crippen LogP) is 4.18. The van der Waals surface area contributed by atoms with Crippen molar-refractivity contribution >= 4 is 5.91 Å². The smallest absolute Gasteiger partial charge is 0.387 e. The third-order valence-electron chi connectivity index (χ3n) is 3.58. The molecular formula is C18H19F2NO3. The first-order chi connectivity index (χ1) is 11.5. The Kier molecular flexibility index (Phi) is 6.12. The summed E-state index contributed by atoms with van der Waals surface area (Å²) in [7, 11) is 1.54. The van der Waals surface area contributed by atoms with Crippen molar-refractivity contribution in [3.63, 3.8) is 0 Å². The molecule has 2 aromatic rings. The van der Waals surface area contributed by atoms with Crippen LogP contribution in [0.2, 0.25) is 0 Å². The summed E-state index contributed by atoms with van der Waals surface area (Å²) >= 11 is 0. The summed E-state index contributed by atoms with van der Waals surface area (Å²) in [6.45, 7) is -1.06. The van der Waals surface area contributed by atoms with Gasteiger partial charge in [-0.2, -0.15) is 8.78 Å². The zero-order chi connectivity index (χ0) is 17.5. The molecule has 2 rings (SSSR count). The summed E-state index contributed by atoms with van der Waals surface area (Å²) in [5, 5.41) is 2.85. The predicted molar refractivity (Wildman–Crippen MR) is 86.6 cm³/mol. The molecule has 1 N–H and O–H groups in total. The maximum Gasteiger partial charge on any atom is 0.387 e. The first-order valence-electron chi connectivity index (χ1n) is 7.53. The molecule has 2 aromatic carbocycles. The topological polar surface area (TPSA) is 47.6 Å². The lowest BCUT2D eigenvalue weighted by molar-refractivity contribution is -0.0506. The van der Waals surface area contributed by atoms with Crippen LogP contribution in [0.3, 0.4) is 0 Å². The van der Waals surface area contributed by atoms with E-state index in [0.717, 1.165) is 0 Å². The van der Waals surface area contributed by atoms with Gasteiger partial charge in [0.2, 0.25) is 0 Å². The number of para-hydroxylation sites is 1. The van der Waals surface area contributed by atoms with E-state index in [1.807, 2.05) is 6.92 Å². The second-order valence-electron chi connectivity index (χ2n) is 5.08.